The summed E-state index contributed by atoms with van der Waals surface area (Å²) in [6.07, 6.45) is 3.72. The summed E-state index contributed by atoms with van der Waals surface area (Å²) in [5, 5.41) is 5.66. The number of ether oxygens (including phenoxy) is 1. The lowest BCUT2D eigenvalue weighted by Gasteiger charge is -2.34. The Labute approximate surface area is 153 Å². The first-order chi connectivity index (χ1) is 12.2. The number of unbranched alkanes of at least 4 members (excludes halogenated alkanes) is 1. The van der Waals surface area contributed by atoms with Crippen molar-refractivity contribution in [2.75, 3.05) is 19.0 Å². The monoisotopic (exact) mass is 357 g/mol. The lowest BCUT2D eigenvalue weighted by molar-refractivity contribution is 0.213. The minimum Gasteiger partial charge on any atom is -0.495 e. The SMILES string of the molecule is CC1(NCc2ccccn2)CN=c2ccccc2=C1OCCCCCl. The molecule has 2 heterocycles. The predicted molar refractivity (Wildman–Crippen MR) is 101 cm³/mol. The number of pyridine rings is 1. The Hall–Kier alpha value is -1.91. The lowest BCUT2D eigenvalue weighted by atomic mass is 9.94. The number of nitrogens with one attached hydrogen (secondary N) is 1. The van der Waals surface area contributed by atoms with E-state index in [1.165, 1.54) is 0 Å². The highest BCUT2D eigenvalue weighted by molar-refractivity contribution is 6.17. The smallest absolute Gasteiger partial charge is 0.127 e. The van der Waals surface area contributed by atoms with Gasteiger partial charge in [0.25, 0.3) is 0 Å². The standard InChI is InChI=1S/C20H24ClN3O/c1-20(24-14-16-8-4-6-12-22-16)15-23-18-10-3-2-9-17(18)19(20)25-13-7-5-11-21/h2-4,6,8-10,12,24H,5,7,11,13-15H2,1H3. The number of benzene rings is 1. The van der Waals surface area contributed by atoms with E-state index >= 15 is 0 Å². The van der Waals surface area contributed by atoms with Gasteiger partial charge in [0, 0.05) is 23.8 Å². The molecule has 1 unspecified atom stereocenters. The second-order valence-electron chi connectivity index (χ2n) is 6.41. The molecule has 1 N–H and O–H groups in total. The van der Waals surface area contributed by atoms with Gasteiger partial charge in [-0.15, -0.1) is 11.6 Å². The molecule has 3 rings (SSSR count). The minimum atomic E-state index is -0.354. The summed E-state index contributed by atoms with van der Waals surface area (Å²) in [5.74, 6) is 1.63. The molecular weight excluding hydrogens is 334 g/mol. The highest BCUT2D eigenvalue weighted by Crippen LogP contribution is 2.21. The molecule has 25 heavy (non-hydrogen) atoms. The number of fused-ring (bicyclic) bond motifs is 1. The van der Waals surface area contributed by atoms with Gasteiger partial charge in [0.15, 0.2) is 0 Å². The molecule has 0 spiro atoms. The van der Waals surface area contributed by atoms with Gasteiger partial charge in [-0.1, -0.05) is 18.2 Å². The molecule has 5 heteroatoms. The molecule has 0 bridgehead atoms. The third-order valence-electron chi connectivity index (χ3n) is 4.38. The van der Waals surface area contributed by atoms with Crippen LogP contribution in [0, 0.1) is 0 Å². The van der Waals surface area contributed by atoms with Crippen molar-refractivity contribution in [2.24, 2.45) is 4.99 Å². The van der Waals surface area contributed by atoms with E-state index < -0.39 is 0 Å². The molecule has 0 saturated heterocycles. The Morgan fingerprint density at radius 1 is 1.16 bits per heavy atom. The third kappa shape index (κ3) is 4.39. The number of nitrogens with zero attached hydrogens (tertiary/aromatic N) is 2. The van der Waals surface area contributed by atoms with Gasteiger partial charge in [-0.25, -0.2) is 0 Å². The van der Waals surface area contributed by atoms with Gasteiger partial charge >= 0.3 is 0 Å². The van der Waals surface area contributed by atoms with Gasteiger partial charge in [0.2, 0.25) is 0 Å². The zero-order chi connectivity index (χ0) is 17.5. The fourth-order valence-electron chi connectivity index (χ4n) is 2.95. The Morgan fingerprint density at radius 3 is 2.80 bits per heavy atom. The van der Waals surface area contributed by atoms with Gasteiger partial charge in [0.1, 0.15) is 5.76 Å². The Balaban J connectivity index is 1.85. The molecule has 1 aromatic carbocycles. The molecule has 2 aromatic rings. The summed E-state index contributed by atoms with van der Waals surface area (Å²) < 4.78 is 6.23. The van der Waals surface area contributed by atoms with Crippen molar-refractivity contribution in [1.82, 2.24) is 10.3 Å². The van der Waals surface area contributed by atoms with E-state index in [0.717, 1.165) is 34.9 Å². The molecule has 0 fully saturated rings. The number of hydrogen-bond acceptors (Lipinski definition) is 4. The van der Waals surface area contributed by atoms with Crippen LogP contribution in [-0.4, -0.2) is 29.6 Å². The number of rotatable bonds is 8. The van der Waals surface area contributed by atoms with Crippen LogP contribution >= 0.6 is 11.6 Å². The van der Waals surface area contributed by atoms with E-state index in [-0.39, 0.29) is 5.54 Å². The van der Waals surface area contributed by atoms with Crippen LogP contribution in [0.1, 0.15) is 25.5 Å². The molecular formula is C20H24ClN3O. The van der Waals surface area contributed by atoms with Crippen LogP contribution in [0.2, 0.25) is 0 Å². The van der Waals surface area contributed by atoms with E-state index in [1.54, 1.807) is 0 Å². The average Bonchev–Trinajstić information content (AvgIpc) is 2.66. The second-order valence-corrected chi connectivity index (χ2v) is 6.79. The highest BCUT2D eigenvalue weighted by atomic mass is 35.5. The Kier molecular flexibility index (Phi) is 6.05. The molecule has 1 atom stereocenters. The molecule has 0 aliphatic carbocycles. The first-order valence-corrected chi connectivity index (χ1v) is 9.24. The maximum Gasteiger partial charge on any atom is 0.127 e. The van der Waals surface area contributed by atoms with Crippen LogP contribution in [0.25, 0.3) is 5.76 Å². The normalized spacial score (nSPS) is 19.2. The Morgan fingerprint density at radius 2 is 2.00 bits per heavy atom. The van der Waals surface area contributed by atoms with Crippen molar-refractivity contribution in [2.45, 2.75) is 31.8 Å². The largest absolute Gasteiger partial charge is 0.495 e. The summed E-state index contributed by atoms with van der Waals surface area (Å²) in [4.78, 5) is 9.14. The van der Waals surface area contributed by atoms with Crippen LogP contribution in [0.15, 0.2) is 53.7 Å². The van der Waals surface area contributed by atoms with Crippen molar-refractivity contribution >= 4 is 17.4 Å². The van der Waals surface area contributed by atoms with E-state index in [0.29, 0.717) is 25.6 Å². The lowest BCUT2D eigenvalue weighted by Crippen LogP contribution is -2.53. The third-order valence-corrected chi connectivity index (χ3v) is 4.64. The summed E-state index contributed by atoms with van der Waals surface area (Å²) >= 11 is 5.78. The van der Waals surface area contributed by atoms with Crippen molar-refractivity contribution in [3.63, 3.8) is 0 Å². The van der Waals surface area contributed by atoms with Gasteiger partial charge in [-0.05, 0) is 44.0 Å². The second kappa shape index (κ2) is 8.45. The first kappa shape index (κ1) is 17.9. The number of halogens is 1. The van der Waals surface area contributed by atoms with Gasteiger partial charge < -0.3 is 4.74 Å². The van der Waals surface area contributed by atoms with Crippen LogP contribution in [-0.2, 0) is 11.3 Å². The van der Waals surface area contributed by atoms with Crippen molar-refractivity contribution in [1.29, 1.82) is 0 Å². The van der Waals surface area contributed by atoms with E-state index in [2.05, 4.69) is 23.3 Å². The number of aromatic nitrogens is 1. The molecule has 0 radical (unpaired) electrons. The molecule has 1 aromatic heterocycles. The summed E-state index contributed by atoms with van der Waals surface area (Å²) in [5.41, 5.74) is 0.649. The molecule has 0 saturated carbocycles. The van der Waals surface area contributed by atoms with Gasteiger partial charge in [-0.2, -0.15) is 0 Å². The number of hydrogen-bond donors (Lipinski definition) is 1. The van der Waals surface area contributed by atoms with Crippen molar-refractivity contribution in [3.8, 4) is 0 Å². The average molecular weight is 358 g/mol. The predicted octanol–water partition coefficient (Wildman–Crippen LogP) is 2.41. The summed E-state index contributed by atoms with van der Waals surface area (Å²) in [7, 11) is 0. The molecule has 1 aliphatic rings. The van der Waals surface area contributed by atoms with Crippen molar-refractivity contribution < 1.29 is 4.74 Å². The number of alkyl halides is 1. The molecule has 4 nitrogen and oxygen atoms in total. The minimum absolute atomic E-state index is 0.354. The van der Waals surface area contributed by atoms with Crippen LogP contribution in [0.3, 0.4) is 0 Å². The zero-order valence-electron chi connectivity index (χ0n) is 14.5. The topological polar surface area (TPSA) is 46.5 Å². The summed E-state index contributed by atoms with van der Waals surface area (Å²) in [6.45, 7) is 4.12. The Bertz CT molecular complexity index is 809. The zero-order valence-corrected chi connectivity index (χ0v) is 15.3. The summed E-state index contributed by atoms with van der Waals surface area (Å²) in [6, 6.07) is 14.1. The quantitative estimate of drug-likeness (QED) is 0.583. The number of para-hydroxylation sites is 1. The van der Waals surface area contributed by atoms with Crippen LogP contribution in [0.5, 0.6) is 0 Å². The van der Waals surface area contributed by atoms with Gasteiger partial charge in [0.05, 0.1) is 29.7 Å². The van der Waals surface area contributed by atoms with Crippen LogP contribution < -0.4 is 15.9 Å². The highest BCUT2D eigenvalue weighted by Gasteiger charge is 2.33. The van der Waals surface area contributed by atoms with Crippen LogP contribution in [0.4, 0.5) is 0 Å². The van der Waals surface area contributed by atoms with E-state index in [4.69, 9.17) is 21.3 Å². The molecule has 1 aliphatic heterocycles. The molecule has 132 valence electrons. The van der Waals surface area contributed by atoms with E-state index in [1.807, 2.05) is 42.6 Å². The first-order valence-electron chi connectivity index (χ1n) is 8.71. The fourth-order valence-corrected chi connectivity index (χ4v) is 3.14. The van der Waals surface area contributed by atoms with Gasteiger partial charge in [-0.3, -0.25) is 15.3 Å². The fraction of sp³-hybridized carbons (Fsp3) is 0.400. The maximum atomic E-state index is 6.23. The molecule has 0 amide bonds. The maximum absolute atomic E-state index is 6.23. The van der Waals surface area contributed by atoms with Crippen molar-refractivity contribution in [3.05, 3.63) is 64.9 Å². The van der Waals surface area contributed by atoms with E-state index in [9.17, 15) is 0 Å².